The van der Waals surface area contributed by atoms with Crippen LogP contribution in [0.5, 0.6) is 0 Å². The molecule has 0 radical (unpaired) electrons. The van der Waals surface area contributed by atoms with E-state index < -0.39 is 5.92 Å². The fraction of sp³-hybridized carbons (Fsp3) is 0.750. The number of hydrogen-bond donors (Lipinski definition) is 1. The number of fused-ring (bicyclic) bond motifs is 3. The summed E-state index contributed by atoms with van der Waals surface area (Å²) >= 11 is 0. The first-order chi connectivity index (χ1) is 13.4. The van der Waals surface area contributed by atoms with Gasteiger partial charge in [-0.15, -0.1) is 0 Å². The lowest BCUT2D eigenvalue weighted by Gasteiger charge is -2.54. The molecule has 2 bridgehead atoms. The zero-order valence-electron chi connectivity index (χ0n) is 16.4. The average Bonchev–Trinajstić information content (AvgIpc) is 2.99. The number of carbonyl (C=O) groups is 1. The molecule has 0 spiro atoms. The fourth-order valence-corrected chi connectivity index (χ4v) is 5.41. The molecule has 4 heterocycles. The first-order valence-corrected chi connectivity index (χ1v) is 10.4. The molecule has 6 nitrogen and oxygen atoms in total. The number of piperidine rings is 2. The van der Waals surface area contributed by atoms with Gasteiger partial charge in [-0.05, 0) is 43.9 Å². The molecule has 3 saturated heterocycles. The molecule has 4 fully saturated rings. The molecule has 2 aliphatic carbocycles. The fourth-order valence-electron chi connectivity index (χ4n) is 5.41. The minimum atomic E-state index is -2.86. The number of rotatable bonds is 4. The molecule has 8 heteroatoms. The normalized spacial score (nSPS) is 32.4. The molecule has 3 atom stereocenters. The number of hydrogen-bond acceptors (Lipinski definition) is 5. The SMILES string of the molecule is CNC(=O)CC1C2CC1CN(c1nc(N3CCC3C)nc3c1CCC3(F)F)C2. The standard InChI is InChI=1S/C20H27F2N5O/c1-11-4-6-27(11)19-24-17-14(3-5-20(17,21)22)18(25-19)26-9-12-7-13(10-26)15(12)8-16(28)23-2/h11-13,15H,3-10H2,1-2H3,(H,23,28). The Morgan fingerprint density at radius 1 is 1.29 bits per heavy atom. The van der Waals surface area contributed by atoms with Gasteiger partial charge in [-0.3, -0.25) is 4.79 Å². The Bertz CT molecular complexity index is 804. The van der Waals surface area contributed by atoms with E-state index in [-0.39, 0.29) is 18.0 Å². The van der Waals surface area contributed by atoms with Crippen molar-refractivity contribution >= 4 is 17.7 Å². The van der Waals surface area contributed by atoms with Crippen molar-refractivity contribution in [2.75, 3.05) is 36.5 Å². The van der Waals surface area contributed by atoms with Gasteiger partial charge < -0.3 is 15.1 Å². The van der Waals surface area contributed by atoms with Gasteiger partial charge in [-0.2, -0.15) is 13.8 Å². The van der Waals surface area contributed by atoms with Crippen molar-refractivity contribution in [3.05, 3.63) is 11.3 Å². The Hall–Kier alpha value is -1.99. The van der Waals surface area contributed by atoms with Gasteiger partial charge in [0.2, 0.25) is 11.9 Å². The smallest absolute Gasteiger partial charge is 0.290 e. The highest BCUT2D eigenvalue weighted by Gasteiger charge is 2.50. The maximum absolute atomic E-state index is 14.5. The van der Waals surface area contributed by atoms with Crippen LogP contribution < -0.4 is 15.1 Å². The Balaban J connectivity index is 1.44. The van der Waals surface area contributed by atoms with Gasteiger partial charge >= 0.3 is 0 Å². The van der Waals surface area contributed by atoms with Crippen molar-refractivity contribution in [2.45, 2.75) is 51.0 Å². The lowest BCUT2D eigenvalue weighted by molar-refractivity contribution is -0.124. The Kier molecular flexibility index (Phi) is 4.04. The van der Waals surface area contributed by atoms with Crippen molar-refractivity contribution in [3.63, 3.8) is 0 Å². The maximum Gasteiger partial charge on any atom is 0.290 e. The quantitative estimate of drug-likeness (QED) is 0.854. The second-order valence-corrected chi connectivity index (χ2v) is 8.91. The summed E-state index contributed by atoms with van der Waals surface area (Å²) < 4.78 is 29.0. The minimum absolute atomic E-state index is 0.0623. The third-order valence-corrected chi connectivity index (χ3v) is 7.31. The first kappa shape index (κ1) is 18.1. The van der Waals surface area contributed by atoms with E-state index in [0.717, 1.165) is 32.5 Å². The topological polar surface area (TPSA) is 61.4 Å². The predicted octanol–water partition coefficient (Wildman–Crippen LogP) is 2.32. The summed E-state index contributed by atoms with van der Waals surface area (Å²) in [5.74, 6) is -0.326. The van der Waals surface area contributed by atoms with Crippen LogP contribution in [0.3, 0.4) is 0 Å². The second-order valence-electron chi connectivity index (χ2n) is 8.91. The van der Waals surface area contributed by atoms with E-state index in [2.05, 4.69) is 22.1 Å². The Morgan fingerprint density at radius 2 is 2.04 bits per heavy atom. The summed E-state index contributed by atoms with van der Waals surface area (Å²) in [4.78, 5) is 25.1. The second kappa shape index (κ2) is 6.26. The van der Waals surface area contributed by atoms with Crippen LogP contribution in [-0.2, 0) is 17.1 Å². The Morgan fingerprint density at radius 3 is 2.64 bits per heavy atom. The van der Waals surface area contributed by atoms with Crippen LogP contribution in [-0.4, -0.2) is 48.6 Å². The monoisotopic (exact) mass is 391 g/mol. The zero-order valence-corrected chi connectivity index (χ0v) is 16.4. The van der Waals surface area contributed by atoms with Gasteiger partial charge in [0.1, 0.15) is 11.5 Å². The van der Waals surface area contributed by atoms with Crippen molar-refractivity contribution in [1.29, 1.82) is 0 Å². The van der Waals surface area contributed by atoms with E-state index in [1.807, 2.05) is 4.90 Å². The summed E-state index contributed by atoms with van der Waals surface area (Å²) in [6.07, 6.45) is 2.89. The number of nitrogens with one attached hydrogen (secondary N) is 1. The number of aromatic nitrogens is 2. The third-order valence-electron chi connectivity index (χ3n) is 7.31. The number of anilines is 2. The molecule has 1 N–H and O–H groups in total. The van der Waals surface area contributed by atoms with Crippen LogP contribution in [0.1, 0.15) is 43.9 Å². The van der Waals surface area contributed by atoms with Crippen molar-refractivity contribution in [1.82, 2.24) is 15.3 Å². The van der Waals surface area contributed by atoms with Crippen LogP contribution in [0.25, 0.3) is 0 Å². The number of halogens is 2. The molecule has 1 amide bonds. The number of carbonyl (C=O) groups excluding carboxylic acids is 1. The first-order valence-electron chi connectivity index (χ1n) is 10.4. The van der Waals surface area contributed by atoms with E-state index in [4.69, 9.17) is 4.98 Å². The van der Waals surface area contributed by atoms with Crippen LogP contribution in [0.15, 0.2) is 0 Å². The summed E-state index contributed by atoms with van der Waals surface area (Å²) in [6, 6.07) is 0.299. The number of amides is 1. The molecular formula is C20H27F2N5O. The molecule has 5 aliphatic rings. The van der Waals surface area contributed by atoms with Crippen LogP contribution in [0.2, 0.25) is 0 Å². The van der Waals surface area contributed by atoms with Gasteiger partial charge in [-0.25, -0.2) is 4.98 Å². The molecule has 152 valence electrons. The Labute approximate surface area is 163 Å². The van der Waals surface area contributed by atoms with E-state index in [1.165, 1.54) is 0 Å². The van der Waals surface area contributed by atoms with Gasteiger partial charge in [0.15, 0.2) is 0 Å². The highest BCUT2D eigenvalue weighted by Crippen LogP contribution is 2.50. The van der Waals surface area contributed by atoms with Gasteiger partial charge in [0.25, 0.3) is 5.92 Å². The van der Waals surface area contributed by atoms with E-state index in [1.54, 1.807) is 7.05 Å². The number of alkyl halides is 2. The molecule has 1 saturated carbocycles. The third kappa shape index (κ3) is 2.67. The summed E-state index contributed by atoms with van der Waals surface area (Å²) in [5, 5.41) is 2.71. The van der Waals surface area contributed by atoms with E-state index >= 15 is 0 Å². The van der Waals surface area contributed by atoms with Gasteiger partial charge in [0, 0.05) is 51.1 Å². The van der Waals surface area contributed by atoms with Crippen molar-refractivity contribution in [3.8, 4) is 0 Å². The lowest BCUT2D eigenvalue weighted by atomic mass is 9.60. The summed E-state index contributed by atoms with van der Waals surface area (Å²) in [7, 11) is 1.67. The average molecular weight is 391 g/mol. The predicted molar refractivity (Wildman–Crippen MR) is 102 cm³/mol. The molecule has 3 aliphatic heterocycles. The largest absolute Gasteiger partial charge is 0.359 e. The van der Waals surface area contributed by atoms with Crippen LogP contribution in [0.4, 0.5) is 20.5 Å². The molecular weight excluding hydrogens is 364 g/mol. The molecule has 1 aromatic rings. The molecule has 3 unspecified atom stereocenters. The maximum atomic E-state index is 14.5. The highest BCUT2D eigenvalue weighted by molar-refractivity contribution is 5.76. The van der Waals surface area contributed by atoms with E-state index in [9.17, 15) is 13.6 Å². The molecule has 6 rings (SSSR count). The molecule has 1 aromatic heterocycles. The number of nitrogens with zero attached hydrogens (tertiary/aromatic N) is 4. The molecule has 0 aromatic carbocycles. The zero-order chi connectivity index (χ0) is 19.6. The minimum Gasteiger partial charge on any atom is -0.359 e. The lowest BCUT2D eigenvalue weighted by Crippen LogP contribution is -2.56. The van der Waals surface area contributed by atoms with Gasteiger partial charge in [0.05, 0.1) is 0 Å². The van der Waals surface area contributed by atoms with Crippen molar-refractivity contribution < 1.29 is 13.6 Å². The van der Waals surface area contributed by atoms with E-state index in [0.29, 0.717) is 54.0 Å². The van der Waals surface area contributed by atoms with Crippen LogP contribution >= 0.6 is 0 Å². The van der Waals surface area contributed by atoms with Crippen LogP contribution in [0, 0.1) is 17.8 Å². The molecule has 28 heavy (non-hydrogen) atoms. The highest BCUT2D eigenvalue weighted by atomic mass is 19.3. The van der Waals surface area contributed by atoms with Gasteiger partial charge in [-0.1, -0.05) is 0 Å². The summed E-state index contributed by atoms with van der Waals surface area (Å²) in [5.41, 5.74) is 0.568. The summed E-state index contributed by atoms with van der Waals surface area (Å²) in [6.45, 7) is 4.49. The van der Waals surface area contributed by atoms with Crippen molar-refractivity contribution in [2.24, 2.45) is 17.8 Å².